The van der Waals surface area contributed by atoms with Crippen LogP contribution in [0.1, 0.15) is 5.69 Å². The molecular formula is C8H5BrF3NO. The molecule has 76 valence electrons. The number of hydrogen-bond donors (Lipinski definition) is 0. The third-order valence-electron chi connectivity index (χ3n) is 1.45. The van der Waals surface area contributed by atoms with Crippen LogP contribution in [0.15, 0.2) is 22.8 Å². The van der Waals surface area contributed by atoms with Gasteiger partial charge in [-0.2, -0.15) is 13.2 Å². The van der Waals surface area contributed by atoms with Crippen molar-refractivity contribution in [2.75, 3.05) is 0 Å². The molecule has 0 bridgehead atoms. The predicted octanol–water partition coefficient (Wildman–Crippen LogP) is 2.52. The maximum absolute atomic E-state index is 11.8. The molecule has 0 spiro atoms. The van der Waals surface area contributed by atoms with E-state index in [-0.39, 0.29) is 5.69 Å². The van der Waals surface area contributed by atoms with Gasteiger partial charge in [-0.3, -0.25) is 9.78 Å². The molecule has 0 unspecified atom stereocenters. The van der Waals surface area contributed by atoms with Crippen molar-refractivity contribution in [2.45, 2.75) is 12.6 Å². The second-order valence-corrected chi connectivity index (χ2v) is 3.48. The number of Topliss-reactive ketones (excluding diaryl/α,β-unsaturated/α-hetero) is 1. The summed E-state index contributed by atoms with van der Waals surface area (Å²) in [6, 6.07) is 2.90. The maximum Gasteiger partial charge on any atom is 0.450 e. The number of nitrogens with zero attached hydrogens (tertiary/aromatic N) is 1. The Bertz CT molecular complexity index is 333. The fourth-order valence-electron chi connectivity index (χ4n) is 0.776. The van der Waals surface area contributed by atoms with E-state index in [1.165, 1.54) is 18.3 Å². The summed E-state index contributed by atoms with van der Waals surface area (Å²) in [5.74, 6) is -1.78. The molecule has 0 radical (unpaired) electrons. The third-order valence-corrected chi connectivity index (χ3v) is 1.92. The standard InChI is InChI=1S/C8H5BrF3NO/c9-5-1-2-6(13-4-5)3-7(14)8(10,11)12/h1-2,4H,3H2. The highest BCUT2D eigenvalue weighted by Gasteiger charge is 2.37. The monoisotopic (exact) mass is 267 g/mol. The van der Waals surface area contributed by atoms with E-state index in [1.54, 1.807) is 0 Å². The van der Waals surface area contributed by atoms with Crippen LogP contribution in [0.25, 0.3) is 0 Å². The van der Waals surface area contributed by atoms with Gasteiger partial charge in [-0.25, -0.2) is 0 Å². The number of pyridine rings is 1. The lowest BCUT2D eigenvalue weighted by Crippen LogP contribution is -2.24. The Kier molecular flexibility index (Phi) is 3.25. The molecule has 0 aromatic carbocycles. The van der Waals surface area contributed by atoms with Gasteiger partial charge >= 0.3 is 6.18 Å². The number of carbonyl (C=O) groups excluding carboxylic acids is 1. The van der Waals surface area contributed by atoms with E-state index in [4.69, 9.17) is 0 Å². The highest BCUT2D eigenvalue weighted by molar-refractivity contribution is 9.10. The van der Waals surface area contributed by atoms with E-state index < -0.39 is 18.4 Å². The molecule has 1 aromatic heterocycles. The molecule has 0 aliphatic heterocycles. The third kappa shape index (κ3) is 3.10. The van der Waals surface area contributed by atoms with Crippen LogP contribution in [0.3, 0.4) is 0 Å². The van der Waals surface area contributed by atoms with Gasteiger partial charge in [0.15, 0.2) is 0 Å². The van der Waals surface area contributed by atoms with E-state index in [2.05, 4.69) is 20.9 Å². The Morgan fingerprint density at radius 2 is 2.07 bits per heavy atom. The molecule has 0 aliphatic rings. The topological polar surface area (TPSA) is 30.0 Å². The van der Waals surface area contributed by atoms with E-state index in [0.29, 0.717) is 4.47 Å². The summed E-state index contributed by atoms with van der Waals surface area (Å²) in [4.78, 5) is 14.2. The molecule has 0 aliphatic carbocycles. The minimum atomic E-state index is -4.78. The lowest BCUT2D eigenvalue weighted by molar-refractivity contribution is -0.170. The van der Waals surface area contributed by atoms with Gasteiger partial charge in [-0.15, -0.1) is 0 Å². The van der Waals surface area contributed by atoms with Crippen LogP contribution in [0.5, 0.6) is 0 Å². The maximum atomic E-state index is 11.8. The zero-order chi connectivity index (χ0) is 10.8. The summed E-state index contributed by atoms with van der Waals surface area (Å²) in [6.07, 6.45) is -4.15. The van der Waals surface area contributed by atoms with Crippen molar-refractivity contribution < 1.29 is 18.0 Å². The Morgan fingerprint density at radius 3 is 2.50 bits per heavy atom. The van der Waals surface area contributed by atoms with Crippen LogP contribution in [0.4, 0.5) is 13.2 Å². The number of rotatable bonds is 2. The van der Waals surface area contributed by atoms with Gasteiger partial charge in [0.25, 0.3) is 0 Å². The van der Waals surface area contributed by atoms with Gasteiger partial charge in [-0.1, -0.05) is 0 Å². The van der Waals surface area contributed by atoms with Crippen molar-refractivity contribution >= 4 is 21.7 Å². The van der Waals surface area contributed by atoms with Crippen LogP contribution in [-0.2, 0) is 11.2 Å². The molecule has 6 heteroatoms. The SMILES string of the molecule is O=C(Cc1ccc(Br)cn1)C(F)(F)F. The fourth-order valence-corrected chi connectivity index (χ4v) is 1.01. The average molecular weight is 268 g/mol. The highest BCUT2D eigenvalue weighted by Crippen LogP contribution is 2.18. The molecule has 0 N–H and O–H groups in total. The summed E-state index contributed by atoms with van der Waals surface area (Å²) in [6.45, 7) is 0. The minimum Gasteiger partial charge on any atom is -0.289 e. The van der Waals surface area contributed by atoms with Crippen molar-refractivity contribution in [1.82, 2.24) is 4.98 Å². The van der Waals surface area contributed by atoms with Gasteiger partial charge < -0.3 is 0 Å². The first kappa shape index (κ1) is 11.2. The summed E-state index contributed by atoms with van der Waals surface area (Å²) in [5, 5.41) is 0. The quantitative estimate of drug-likeness (QED) is 0.824. The number of ketones is 1. The molecule has 1 heterocycles. The molecule has 1 rings (SSSR count). The first-order valence-corrected chi connectivity index (χ1v) is 4.39. The number of carbonyl (C=O) groups is 1. The largest absolute Gasteiger partial charge is 0.450 e. The lowest BCUT2D eigenvalue weighted by Gasteiger charge is -2.03. The van der Waals surface area contributed by atoms with E-state index in [1.807, 2.05) is 0 Å². The smallest absolute Gasteiger partial charge is 0.289 e. The molecule has 1 aromatic rings. The Hall–Kier alpha value is -0.910. The Balaban J connectivity index is 2.71. The Labute approximate surface area is 86.3 Å². The first-order chi connectivity index (χ1) is 6.39. The first-order valence-electron chi connectivity index (χ1n) is 3.60. The molecule has 0 amide bonds. The second-order valence-electron chi connectivity index (χ2n) is 2.57. The van der Waals surface area contributed by atoms with Gasteiger partial charge in [0.2, 0.25) is 5.78 Å². The molecule has 0 saturated heterocycles. The van der Waals surface area contributed by atoms with Crippen molar-refractivity contribution in [3.8, 4) is 0 Å². The Morgan fingerprint density at radius 1 is 1.43 bits per heavy atom. The molecule has 0 atom stereocenters. The minimum absolute atomic E-state index is 0.107. The number of alkyl halides is 3. The van der Waals surface area contributed by atoms with E-state index in [9.17, 15) is 18.0 Å². The van der Waals surface area contributed by atoms with Crippen molar-refractivity contribution in [2.24, 2.45) is 0 Å². The van der Waals surface area contributed by atoms with Crippen molar-refractivity contribution in [1.29, 1.82) is 0 Å². The average Bonchev–Trinajstić information content (AvgIpc) is 2.07. The molecule has 0 saturated carbocycles. The molecular weight excluding hydrogens is 263 g/mol. The van der Waals surface area contributed by atoms with Crippen LogP contribution >= 0.6 is 15.9 Å². The van der Waals surface area contributed by atoms with Gasteiger partial charge in [-0.05, 0) is 28.1 Å². The van der Waals surface area contributed by atoms with Gasteiger partial charge in [0.1, 0.15) is 0 Å². The van der Waals surface area contributed by atoms with Crippen LogP contribution in [0.2, 0.25) is 0 Å². The summed E-state index contributed by atoms with van der Waals surface area (Å²) < 4.78 is 36.1. The summed E-state index contributed by atoms with van der Waals surface area (Å²) in [5.41, 5.74) is 0.107. The van der Waals surface area contributed by atoms with Crippen LogP contribution in [0, 0.1) is 0 Å². The lowest BCUT2D eigenvalue weighted by atomic mass is 10.2. The fraction of sp³-hybridized carbons (Fsp3) is 0.250. The summed E-state index contributed by atoms with van der Waals surface area (Å²) in [7, 11) is 0. The van der Waals surface area contributed by atoms with E-state index in [0.717, 1.165) is 0 Å². The second kappa shape index (κ2) is 4.08. The van der Waals surface area contributed by atoms with Crippen LogP contribution in [-0.4, -0.2) is 16.9 Å². The molecule has 0 fully saturated rings. The van der Waals surface area contributed by atoms with Crippen molar-refractivity contribution in [3.63, 3.8) is 0 Å². The normalized spacial score (nSPS) is 11.4. The number of aromatic nitrogens is 1. The number of hydrogen-bond acceptors (Lipinski definition) is 2. The van der Waals surface area contributed by atoms with Crippen LogP contribution < -0.4 is 0 Å². The van der Waals surface area contributed by atoms with Gasteiger partial charge in [0, 0.05) is 16.4 Å². The predicted molar refractivity (Wildman–Crippen MR) is 46.7 cm³/mol. The number of halogens is 4. The molecule has 2 nitrogen and oxygen atoms in total. The zero-order valence-electron chi connectivity index (χ0n) is 6.81. The molecule has 14 heavy (non-hydrogen) atoms. The summed E-state index contributed by atoms with van der Waals surface area (Å²) >= 11 is 3.08. The highest BCUT2D eigenvalue weighted by atomic mass is 79.9. The zero-order valence-corrected chi connectivity index (χ0v) is 8.39. The van der Waals surface area contributed by atoms with E-state index >= 15 is 0 Å². The van der Waals surface area contributed by atoms with Crippen molar-refractivity contribution in [3.05, 3.63) is 28.5 Å². The van der Waals surface area contributed by atoms with Gasteiger partial charge in [0.05, 0.1) is 6.42 Å².